The minimum atomic E-state index is 0.337. The Morgan fingerprint density at radius 3 is 2.93 bits per heavy atom. The zero-order chi connectivity index (χ0) is 18.7. The van der Waals surface area contributed by atoms with Crippen LogP contribution in [-0.2, 0) is 15.9 Å². The van der Waals surface area contributed by atoms with Crippen LogP contribution < -0.4 is 10.6 Å². The molecule has 1 saturated heterocycles. The summed E-state index contributed by atoms with van der Waals surface area (Å²) < 4.78 is 16.2. The Morgan fingerprint density at radius 2 is 2.22 bits per heavy atom. The number of methoxy groups -OCH3 is 1. The molecule has 0 aromatic carbocycles. The Hall–Kier alpha value is -1.57. The minimum absolute atomic E-state index is 0.337. The lowest BCUT2D eigenvalue weighted by molar-refractivity contribution is 0.0377. The van der Waals surface area contributed by atoms with Gasteiger partial charge in [-0.1, -0.05) is 0 Å². The van der Waals surface area contributed by atoms with Gasteiger partial charge >= 0.3 is 0 Å². The number of nitrogens with zero attached hydrogens (tertiary/aromatic N) is 2. The zero-order valence-corrected chi connectivity index (χ0v) is 16.5. The summed E-state index contributed by atoms with van der Waals surface area (Å²) in [7, 11) is 1.76. The van der Waals surface area contributed by atoms with E-state index in [9.17, 15) is 0 Å². The molecular formula is C20H34N4O3. The first kappa shape index (κ1) is 20.2. The maximum atomic E-state index is 5.41. The Bertz CT molecular complexity index is 539. The highest BCUT2D eigenvalue weighted by atomic mass is 16.5. The van der Waals surface area contributed by atoms with Crippen LogP contribution >= 0.6 is 0 Å². The molecule has 2 N–H and O–H groups in total. The van der Waals surface area contributed by atoms with E-state index < -0.39 is 0 Å². The first-order valence-corrected chi connectivity index (χ1v) is 10.2. The lowest BCUT2D eigenvalue weighted by Gasteiger charge is -2.26. The highest BCUT2D eigenvalue weighted by Gasteiger charge is 2.31. The van der Waals surface area contributed by atoms with Crippen LogP contribution in [0.2, 0.25) is 0 Å². The Labute approximate surface area is 162 Å². The van der Waals surface area contributed by atoms with E-state index in [0.29, 0.717) is 12.0 Å². The molecule has 0 bridgehead atoms. The van der Waals surface area contributed by atoms with Crippen molar-refractivity contribution in [2.45, 2.75) is 31.7 Å². The van der Waals surface area contributed by atoms with E-state index in [0.717, 1.165) is 77.1 Å². The summed E-state index contributed by atoms with van der Waals surface area (Å²) in [5, 5.41) is 7.04. The van der Waals surface area contributed by atoms with Gasteiger partial charge in [0.25, 0.3) is 0 Å². The lowest BCUT2D eigenvalue weighted by atomic mass is 10.2. The van der Waals surface area contributed by atoms with Crippen molar-refractivity contribution in [3.05, 3.63) is 24.2 Å². The standard InChI is InChI=1S/C20H34N4O3/c1-25-16-19(17-5-6-17)23-20(22-9-7-18-4-2-13-27-18)21-8-3-10-24-11-14-26-15-12-24/h2,4,13,17,19H,3,5-12,14-16H2,1H3,(H2,21,22,23). The molecule has 1 aliphatic heterocycles. The quantitative estimate of drug-likeness (QED) is 0.345. The summed E-state index contributed by atoms with van der Waals surface area (Å²) >= 11 is 0. The van der Waals surface area contributed by atoms with E-state index in [1.54, 1.807) is 13.4 Å². The van der Waals surface area contributed by atoms with Crippen molar-refractivity contribution in [1.29, 1.82) is 0 Å². The molecule has 1 aromatic heterocycles. The fourth-order valence-corrected chi connectivity index (χ4v) is 3.37. The van der Waals surface area contributed by atoms with Crippen LogP contribution in [0.5, 0.6) is 0 Å². The van der Waals surface area contributed by atoms with Gasteiger partial charge in [-0.3, -0.25) is 9.89 Å². The first-order chi connectivity index (χ1) is 13.3. The smallest absolute Gasteiger partial charge is 0.191 e. The number of morpholine rings is 1. The van der Waals surface area contributed by atoms with E-state index in [-0.39, 0.29) is 0 Å². The summed E-state index contributed by atoms with van der Waals surface area (Å²) in [6.45, 7) is 7.19. The van der Waals surface area contributed by atoms with Gasteiger partial charge in [-0.25, -0.2) is 0 Å². The van der Waals surface area contributed by atoms with Crippen molar-refractivity contribution in [3.8, 4) is 0 Å². The molecule has 1 aliphatic carbocycles. The summed E-state index contributed by atoms with van der Waals surface area (Å²) in [4.78, 5) is 7.26. The fraction of sp³-hybridized carbons (Fsp3) is 0.750. The second kappa shape index (κ2) is 11.3. The van der Waals surface area contributed by atoms with Gasteiger partial charge in [-0.05, 0) is 37.3 Å². The van der Waals surface area contributed by atoms with Gasteiger partial charge in [-0.15, -0.1) is 0 Å². The number of guanidine groups is 1. The van der Waals surface area contributed by atoms with Gasteiger partial charge < -0.3 is 24.5 Å². The fourth-order valence-electron chi connectivity index (χ4n) is 3.37. The van der Waals surface area contributed by atoms with E-state index in [2.05, 4.69) is 15.5 Å². The lowest BCUT2D eigenvalue weighted by Crippen LogP contribution is -2.47. The molecule has 2 fully saturated rings. The third-order valence-electron chi connectivity index (χ3n) is 5.11. The maximum absolute atomic E-state index is 5.41. The average molecular weight is 379 g/mol. The van der Waals surface area contributed by atoms with Crippen LogP contribution in [0.3, 0.4) is 0 Å². The van der Waals surface area contributed by atoms with Gasteiger partial charge in [0.1, 0.15) is 5.76 Å². The molecule has 7 heteroatoms. The molecule has 152 valence electrons. The van der Waals surface area contributed by atoms with Gasteiger partial charge in [0.15, 0.2) is 5.96 Å². The number of rotatable bonds is 11. The van der Waals surface area contributed by atoms with Gasteiger partial charge in [0, 0.05) is 46.3 Å². The highest BCUT2D eigenvalue weighted by Crippen LogP contribution is 2.32. The van der Waals surface area contributed by atoms with Crippen molar-refractivity contribution in [3.63, 3.8) is 0 Å². The molecule has 0 amide bonds. The molecule has 0 radical (unpaired) electrons. The number of furan rings is 1. The molecule has 2 aliphatic rings. The first-order valence-electron chi connectivity index (χ1n) is 10.2. The normalized spacial score (nSPS) is 19.8. The Balaban J connectivity index is 1.45. The van der Waals surface area contributed by atoms with Crippen LogP contribution in [0.15, 0.2) is 27.8 Å². The molecule has 7 nitrogen and oxygen atoms in total. The van der Waals surface area contributed by atoms with Gasteiger partial charge in [0.2, 0.25) is 0 Å². The molecule has 1 atom stereocenters. The van der Waals surface area contributed by atoms with Crippen molar-refractivity contribution < 1.29 is 13.9 Å². The van der Waals surface area contributed by atoms with Gasteiger partial charge in [0.05, 0.1) is 32.1 Å². The monoisotopic (exact) mass is 378 g/mol. The molecule has 1 unspecified atom stereocenters. The molecule has 0 spiro atoms. The summed E-state index contributed by atoms with van der Waals surface area (Å²) in [5.74, 6) is 2.58. The average Bonchev–Trinajstić information content (AvgIpc) is 3.41. The number of nitrogens with one attached hydrogen (secondary N) is 2. The summed E-state index contributed by atoms with van der Waals surface area (Å²) in [6.07, 6.45) is 6.18. The van der Waals surface area contributed by atoms with Crippen LogP contribution in [0.1, 0.15) is 25.0 Å². The van der Waals surface area contributed by atoms with E-state index in [1.807, 2.05) is 12.1 Å². The largest absolute Gasteiger partial charge is 0.469 e. The molecular weight excluding hydrogens is 344 g/mol. The van der Waals surface area contributed by atoms with Crippen molar-refractivity contribution >= 4 is 5.96 Å². The van der Waals surface area contributed by atoms with Crippen LogP contribution in [0.25, 0.3) is 0 Å². The zero-order valence-electron chi connectivity index (χ0n) is 16.5. The predicted molar refractivity (Wildman–Crippen MR) is 106 cm³/mol. The minimum Gasteiger partial charge on any atom is -0.469 e. The highest BCUT2D eigenvalue weighted by molar-refractivity contribution is 5.80. The van der Waals surface area contributed by atoms with E-state index in [1.165, 1.54) is 12.8 Å². The molecule has 1 aromatic rings. The van der Waals surface area contributed by atoms with Crippen LogP contribution in [-0.4, -0.2) is 76.6 Å². The van der Waals surface area contributed by atoms with Crippen LogP contribution in [0.4, 0.5) is 0 Å². The van der Waals surface area contributed by atoms with Crippen LogP contribution in [0, 0.1) is 5.92 Å². The third kappa shape index (κ3) is 7.52. The summed E-state index contributed by atoms with van der Waals surface area (Å²) in [5.41, 5.74) is 0. The predicted octanol–water partition coefficient (Wildman–Crippen LogP) is 1.50. The second-order valence-electron chi connectivity index (χ2n) is 7.34. The van der Waals surface area contributed by atoms with Gasteiger partial charge in [-0.2, -0.15) is 0 Å². The maximum Gasteiger partial charge on any atom is 0.191 e. The Morgan fingerprint density at radius 1 is 1.37 bits per heavy atom. The topological polar surface area (TPSA) is 71.3 Å². The number of aliphatic imine (C=N–C) groups is 1. The third-order valence-corrected chi connectivity index (χ3v) is 5.11. The van der Waals surface area contributed by atoms with E-state index in [4.69, 9.17) is 18.9 Å². The SMILES string of the molecule is COCC(NC(=NCCCN1CCOCC1)NCCc1ccco1)C1CC1. The number of ether oxygens (including phenoxy) is 2. The molecule has 1 saturated carbocycles. The molecule has 27 heavy (non-hydrogen) atoms. The Kier molecular flexibility index (Phi) is 8.45. The van der Waals surface area contributed by atoms with E-state index >= 15 is 0 Å². The summed E-state index contributed by atoms with van der Waals surface area (Å²) in [6, 6.07) is 4.27. The van der Waals surface area contributed by atoms with Crippen molar-refractivity contribution in [2.24, 2.45) is 10.9 Å². The van der Waals surface area contributed by atoms with Crippen molar-refractivity contribution in [2.75, 3.05) is 59.7 Å². The number of hydrogen-bond acceptors (Lipinski definition) is 5. The second-order valence-corrected chi connectivity index (χ2v) is 7.34. The van der Waals surface area contributed by atoms with Crippen molar-refractivity contribution in [1.82, 2.24) is 15.5 Å². The molecule has 2 heterocycles. The number of hydrogen-bond donors (Lipinski definition) is 2. The molecule has 3 rings (SSSR count).